The Hall–Kier alpha value is -5.50. The molecule has 15 heteroatoms. The molecular weight excluding hydrogens is 571 g/mol. The van der Waals surface area contributed by atoms with E-state index in [1.165, 1.54) is 30.1 Å². The second-order valence-corrected chi connectivity index (χ2v) is 8.88. The summed E-state index contributed by atoms with van der Waals surface area (Å²) in [6, 6.07) is 18.3. The number of aromatic nitrogens is 5. The average molecular weight is 593 g/mol. The van der Waals surface area contributed by atoms with Crippen LogP contribution in [0.1, 0.15) is 27.3 Å². The van der Waals surface area contributed by atoms with Crippen LogP contribution in [0.2, 0.25) is 5.02 Å². The molecule has 2 heterocycles. The van der Waals surface area contributed by atoms with E-state index in [0.717, 1.165) is 0 Å². The lowest BCUT2D eigenvalue weighted by molar-refractivity contribution is 0.0947. The summed E-state index contributed by atoms with van der Waals surface area (Å²) >= 11 is 6.08. The smallest absolute Gasteiger partial charge is 0.293 e. The topological polar surface area (TPSA) is 165 Å². The van der Waals surface area contributed by atoms with Crippen molar-refractivity contribution in [2.75, 3.05) is 12.8 Å². The summed E-state index contributed by atoms with van der Waals surface area (Å²) in [7, 11) is 1.46. The summed E-state index contributed by atoms with van der Waals surface area (Å²) in [5.41, 5.74) is 9.16. The molecule has 0 unspecified atom stereocenters. The van der Waals surface area contributed by atoms with Crippen molar-refractivity contribution >= 4 is 29.5 Å². The number of benzene rings is 3. The van der Waals surface area contributed by atoms with Gasteiger partial charge in [0.05, 0.1) is 18.3 Å². The van der Waals surface area contributed by atoms with Crippen LogP contribution in [0, 0.1) is 5.82 Å². The van der Waals surface area contributed by atoms with Crippen LogP contribution in [-0.2, 0) is 13.2 Å². The van der Waals surface area contributed by atoms with Crippen LogP contribution in [0.25, 0.3) is 5.82 Å². The molecule has 0 spiro atoms. The highest BCUT2D eigenvalue weighted by atomic mass is 35.5. The molecule has 3 aromatic carbocycles. The lowest BCUT2D eigenvalue weighted by atomic mass is 10.2. The number of hydrogen-bond acceptors (Lipinski definition) is 11. The minimum Gasteiger partial charge on any atom is -0.493 e. The van der Waals surface area contributed by atoms with E-state index >= 15 is 0 Å². The van der Waals surface area contributed by atoms with Crippen molar-refractivity contribution in [2.24, 2.45) is 5.10 Å². The second-order valence-electron chi connectivity index (χ2n) is 8.47. The van der Waals surface area contributed by atoms with Gasteiger partial charge in [-0.15, -0.1) is 5.10 Å². The number of nitrogen functional groups attached to an aromatic ring is 1. The van der Waals surface area contributed by atoms with E-state index in [1.54, 1.807) is 48.5 Å². The van der Waals surface area contributed by atoms with Crippen molar-refractivity contribution in [3.8, 4) is 23.1 Å². The molecule has 0 aliphatic heterocycles. The van der Waals surface area contributed by atoms with Crippen LogP contribution in [0.5, 0.6) is 17.2 Å². The van der Waals surface area contributed by atoms with Crippen molar-refractivity contribution in [2.45, 2.75) is 13.2 Å². The number of hydrogen-bond donors (Lipinski definition) is 2. The lowest BCUT2D eigenvalue weighted by Crippen LogP contribution is -2.21. The Morgan fingerprint density at radius 1 is 1.10 bits per heavy atom. The van der Waals surface area contributed by atoms with E-state index in [2.05, 4.69) is 35.8 Å². The Morgan fingerprint density at radius 2 is 1.93 bits per heavy atom. The molecule has 42 heavy (non-hydrogen) atoms. The zero-order valence-electron chi connectivity index (χ0n) is 21.9. The van der Waals surface area contributed by atoms with Crippen molar-refractivity contribution in [1.82, 2.24) is 30.7 Å². The third-order valence-electron chi connectivity index (χ3n) is 5.79. The maximum atomic E-state index is 14.1. The first kappa shape index (κ1) is 28.0. The van der Waals surface area contributed by atoms with Crippen LogP contribution in [0.3, 0.4) is 0 Å². The number of amides is 1. The van der Waals surface area contributed by atoms with E-state index in [4.69, 9.17) is 31.5 Å². The highest BCUT2D eigenvalue weighted by Gasteiger charge is 2.24. The molecule has 5 rings (SSSR count). The Bertz CT molecular complexity index is 1710. The zero-order valence-corrected chi connectivity index (χ0v) is 22.7. The first-order valence-electron chi connectivity index (χ1n) is 12.2. The summed E-state index contributed by atoms with van der Waals surface area (Å²) in [6.45, 7) is -0.203. The fourth-order valence-corrected chi connectivity index (χ4v) is 3.92. The molecule has 214 valence electrons. The van der Waals surface area contributed by atoms with Gasteiger partial charge in [-0.25, -0.2) is 14.4 Å². The van der Waals surface area contributed by atoms with Gasteiger partial charge in [0.2, 0.25) is 11.6 Å². The number of nitrogens with zero attached hydrogens (tertiary/aromatic N) is 6. The van der Waals surface area contributed by atoms with Crippen LogP contribution in [-0.4, -0.2) is 44.5 Å². The van der Waals surface area contributed by atoms with Gasteiger partial charge in [0.1, 0.15) is 30.5 Å². The molecule has 2 aromatic heterocycles. The Kier molecular flexibility index (Phi) is 8.53. The second kappa shape index (κ2) is 12.8. The van der Waals surface area contributed by atoms with Crippen LogP contribution >= 0.6 is 11.6 Å². The fourth-order valence-electron chi connectivity index (χ4n) is 3.71. The van der Waals surface area contributed by atoms with Crippen molar-refractivity contribution in [1.29, 1.82) is 0 Å². The molecule has 0 atom stereocenters. The predicted molar refractivity (Wildman–Crippen MR) is 148 cm³/mol. The predicted octanol–water partition coefficient (Wildman–Crippen LogP) is 3.96. The van der Waals surface area contributed by atoms with Gasteiger partial charge < -0.3 is 19.9 Å². The molecule has 0 bridgehead atoms. The molecule has 3 N–H and O–H groups in total. The molecule has 13 nitrogen and oxygen atoms in total. The molecule has 0 aliphatic carbocycles. The zero-order chi connectivity index (χ0) is 29.5. The molecule has 0 fully saturated rings. The quantitative estimate of drug-likeness (QED) is 0.169. The first-order chi connectivity index (χ1) is 20.4. The molecule has 0 saturated heterocycles. The summed E-state index contributed by atoms with van der Waals surface area (Å²) in [4.78, 5) is 13.0. The molecule has 1 amide bonds. The number of rotatable bonds is 11. The van der Waals surface area contributed by atoms with Crippen LogP contribution < -0.4 is 25.4 Å². The van der Waals surface area contributed by atoms with Crippen LogP contribution in [0.15, 0.2) is 76.5 Å². The third-order valence-corrected chi connectivity index (χ3v) is 6.15. The SMILES string of the molecule is COc1cc(/C=N/NC(=O)c2nnn(-c3nonc3N)c2COc2ccccc2)ccc1OCc1c(F)cccc1Cl. The monoisotopic (exact) mass is 592 g/mol. The fraction of sp³-hybridized carbons (Fsp3) is 0.111. The van der Waals surface area contributed by atoms with E-state index < -0.39 is 11.7 Å². The minimum absolute atomic E-state index is 0.0448. The Balaban J connectivity index is 1.29. The average Bonchev–Trinajstić information content (AvgIpc) is 3.62. The number of nitrogens with two attached hydrogens (primary N) is 1. The van der Waals surface area contributed by atoms with Gasteiger partial charge in [0.15, 0.2) is 17.2 Å². The third kappa shape index (κ3) is 6.28. The number of carbonyl (C=O) groups is 1. The minimum atomic E-state index is -0.673. The largest absolute Gasteiger partial charge is 0.493 e. The summed E-state index contributed by atoms with van der Waals surface area (Å²) in [5.74, 6) is 0.121. The molecule has 5 aromatic rings. The Morgan fingerprint density at radius 3 is 2.67 bits per heavy atom. The number of halogens is 2. The van der Waals surface area contributed by atoms with E-state index in [9.17, 15) is 9.18 Å². The van der Waals surface area contributed by atoms with E-state index in [1.807, 2.05) is 6.07 Å². The van der Waals surface area contributed by atoms with Gasteiger partial charge in [-0.3, -0.25) is 4.79 Å². The molecule has 0 saturated carbocycles. The Labute approximate surface area is 242 Å². The van der Waals surface area contributed by atoms with Crippen LogP contribution in [0.4, 0.5) is 10.2 Å². The number of para-hydroxylation sites is 1. The lowest BCUT2D eigenvalue weighted by Gasteiger charge is -2.12. The van der Waals surface area contributed by atoms with E-state index in [0.29, 0.717) is 22.8 Å². The van der Waals surface area contributed by atoms with Crippen molar-refractivity contribution in [3.05, 3.63) is 100 Å². The summed E-state index contributed by atoms with van der Waals surface area (Å²) < 4.78 is 36.9. The summed E-state index contributed by atoms with van der Waals surface area (Å²) in [6.07, 6.45) is 1.39. The first-order valence-corrected chi connectivity index (χ1v) is 12.6. The van der Waals surface area contributed by atoms with Gasteiger partial charge in [-0.2, -0.15) is 9.78 Å². The highest BCUT2D eigenvalue weighted by molar-refractivity contribution is 6.31. The normalized spacial score (nSPS) is 11.0. The molecule has 0 radical (unpaired) electrons. The number of ether oxygens (including phenoxy) is 3. The maximum absolute atomic E-state index is 14.1. The van der Waals surface area contributed by atoms with Gasteiger partial charge >= 0.3 is 0 Å². The van der Waals surface area contributed by atoms with Crippen molar-refractivity contribution < 1.29 is 28.0 Å². The maximum Gasteiger partial charge on any atom is 0.293 e. The van der Waals surface area contributed by atoms with E-state index in [-0.39, 0.29) is 46.8 Å². The van der Waals surface area contributed by atoms with Gasteiger partial charge in [0, 0.05) is 5.56 Å². The number of hydrazone groups is 1. The highest BCUT2D eigenvalue weighted by Crippen LogP contribution is 2.30. The number of nitrogens with one attached hydrogen (secondary N) is 1. The number of anilines is 1. The molecular formula is C27H22ClFN8O5. The van der Waals surface area contributed by atoms with Crippen molar-refractivity contribution in [3.63, 3.8) is 0 Å². The van der Waals surface area contributed by atoms with Gasteiger partial charge in [-0.1, -0.05) is 41.1 Å². The summed E-state index contributed by atoms with van der Waals surface area (Å²) in [5, 5.41) is 19.5. The number of methoxy groups -OCH3 is 1. The van der Waals surface area contributed by atoms with Gasteiger partial charge in [0.25, 0.3) is 5.91 Å². The van der Waals surface area contributed by atoms with Gasteiger partial charge in [-0.05, 0) is 58.3 Å². The number of carbonyl (C=O) groups excluding carboxylic acids is 1. The molecule has 0 aliphatic rings. The standard InChI is InChI=1S/C27H22ClFN8O5/c1-39-23-12-16(10-11-22(23)41-14-18-19(28)8-5-9-20(18)29)13-31-33-27(38)24-21(15-40-17-6-3-2-4-7-17)37(36-32-24)26-25(30)34-42-35-26/h2-13H,14-15H2,1H3,(H2,30,34)(H,33,38)/b31-13+.